The standard InChI is InChI=1S/C28H35N3O5S/c1-6-36-26(33)21-11-13-30(14-12-21)23(32)15-22-16-37-28-29-18(4)24(27(34)35-5)25(31(22)28)20-9-7-19(8-10-20)17(2)3/h7-10,16-17,21,25H,6,11-15H2,1-5H3/t25-/m0/s1. The van der Waals surface area contributed by atoms with Crippen LogP contribution >= 0.6 is 11.8 Å². The van der Waals surface area contributed by atoms with Crippen LogP contribution < -0.4 is 0 Å². The van der Waals surface area contributed by atoms with Gasteiger partial charge in [0.1, 0.15) is 0 Å². The van der Waals surface area contributed by atoms with Crippen molar-refractivity contribution in [1.82, 2.24) is 9.80 Å². The maximum Gasteiger partial charge on any atom is 0.338 e. The van der Waals surface area contributed by atoms with E-state index in [0.29, 0.717) is 49.7 Å². The summed E-state index contributed by atoms with van der Waals surface area (Å²) >= 11 is 1.46. The van der Waals surface area contributed by atoms with Gasteiger partial charge in [-0.25, -0.2) is 9.79 Å². The first-order valence-corrected chi connectivity index (χ1v) is 13.7. The second-order valence-corrected chi connectivity index (χ2v) is 10.6. The fraction of sp³-hybridized carbons (Fsp3) is 0.500. The number of methoxy groups -OCH3 is 1. The molecular weight excluding hydrogens is 490 g/mol. The second kappa shape index (κ2) is 11.5. The van der Waals surface area contributed by atoms with Gasteiger partial charge in [-0.1, -0.05) is 49.9 Å². The molecule has 1 saturated heterocycles. The summed E-state index contributed by atoms with van der Waals surface area (Å²) in [4.78, 5) is 46.8. The van der Waals surface area contributed by atoms with E-state index in [4.69, 9.17) is 9.47 Å². The van der Waals surface area contributed by atoms with Gasteiger partial charge in [-0.05, 0) is 49.1 Å². The number of likely N-dealkylation sites (tertiary alicyclic amines) is 1. The Morgan fingerprint density at radius 2 is 1.81 bits per heavy atom. The normalized spacial score (nSPS) is 20.0. The van der Waals surface area contributed by atoms with Crippen LogP contribution in [-0.4, -0.2) is 59.6 Å². The predicted molar refractivity (Wildman–Crippen MR) is 143 cm³/mol. The largest absolute Gasteiger partial charge is 0.466 e. The molecule has 0 bridgehead atoms. The third kappa shape index (κ3) is 5.61. The number of benzene rings is 1. The number of hydrogen-bond donors (Lipinski definition) is 0. The van der Waals surface area contributed by atoms with Gasteiger partial charge >= 0.3 is 11.9 Å². The molecule has 0 unspecified atom stereocenters. The zero-order valence-corrected chi connectivity index (χ0v) is 23.0. The Labute approximate surface area is 222 Å². The highest BCUT2D eigenvalue weighted by molar-refractivity contribution is 8.16. The van der Waals surface area contributed by atoms with Crippen molar-refractivity contribution in [3.05, 3.63) is 57.8 Å². The van der Waals surface area contributed by atoms with Crippen molar-refractivity contribution < 1.29 is 23.9 Å². The Balaban J connectivity index is 1.56. The monoisotopic (exact) mass is 525 g/mol. The number of allylic oxidation sites excluding steroid dienone is 1. The number of esters is 2. The molecule has 1 fully saturated rings. The van der Waals surface area contributed by atoms with Crippen LogP contribution in [0.25, 0.3) is 0 Å². The number of amidine groups is 1. The first-order chi connectivity index (χ1) is 17.7. The van der Waals surface area contributed by atoms with E-state index in [1.807, 2.05) is 34.3 Å². The molecule has 0 aromatic heterocycles. The third-order valence-electron chi connectivity index (χ3n) is 7.12. The van der Waals surface area contributed by atoms with Crippen molar-refractivity contribution in [2.24, 2.45) is 10.9 Å². The van der Waals surface area contributed by atoms with Gasteiger partial charge in [0.05, 0.1) is 43.4 Å². The molecular formula is C28H35N3O5S. The number of rotatable bonds is 7. The molecule has 1 aromatic rings. The lowest BCUT2D eigenvalue weighted by Crippen LogP contribution is -2.42. The summed E-state index contributed by atoms with van der Waals surface area (Å²) in [5, 5.41) is 2.69. The molecule has 0 N–H and O–H groups in total. The summed E-state index contributed by atoms with van der Waals surface area (Å²) in [5.74, 6) is -0.377. The minimum atomic E-state index is -0.440. The number of thioether (sulfide) groups is 1. The zero-order chi connectivity index (χ0) is 26.7. The summed E-state index contributed by atoms with van der Waals surface area (Å²) in [7, 11) is 1.37. The quantitative estimate of drug-likeness (QED) is 0.475. The molecule has 0 aliphatic carbocycles. The molecule has 3 aliphatic rings. The van der Waals surface area contributed by atoms with Gasteiger partial charge in [0.15, 0.2) is 5.17 Å². The van der Waals surface area contributed by atoms with Crippen molar-refractivity contribution >= 4 is 34.8 Å². The van der Waals surface area contributed by atoms with Crippen molar-refractivity contribution in [3.8, 4) is 0 Å². The van der Waals surface area contributed by atoms with Gasteiger partial charge < -0.3 is 19.3 Å². The number of nitrogens with zero attached hydrogens (tertiary/aromatic N) is 3. The fourth-order valence-electron chi connectivity index (χ4n) is 5.01. The van der Waals surface area contributed by atoms with Crippen molar-refractivity contribution in [2.75, 3.05) is 26.8 Å². The van der Waals surface area contributed by atoms with Gasteiger partial charge in [0, 0.05) is 18.8 Å². The number of carbonyl (C=O) groups excluding carboxylic acids is 3. The lowest BCUT2D eigenvalue weighted by molar-refractivity contribution is -0.151. The van der Waals surface area contributed by atoms with Crippen LogP contribution in [0.3, 0.4) is 0 Å². The van der Waals surface area contributed by atoms with E-state index in [0.717, 1.165) is 16.4 Å². The van der Waals surface area contributed by atoms with E-state index in [1.165, 1.54) is 24.4 Å². The van der Waals surface area contributed by atoms with Crippen LogP contribution in [0.1, 0.15) is 70.0 Å². The van der Waals surface area contributed by atoms with Gasteiger partial charge in [-0.2, -0.15) is 0 Å². The van der Waals surface area contributed by atoms with E-state index in [1.54, 1.807) is 6.92 Å². The summed E-state index contributed by atoms with van der Waals surface area (Å²) in [5.41, 5.74) is 4.03. The number of carbonyl (C=O) groups is 3. The Bertz CT molecular complexity index is 1150. The van der Waals surface area contributed by atoms with Crippen molar-refractivity contribution in [3.63, 3.8) is 0 Å². The number of amides is 1. The SMILES string of the molecule is CCOC(=O)C1CCN(C(=O)CC2=CSC3=NC(C)=C(C(=O)OC)[C@H](c4ccc(C(C)C)cc4)N23)CC1. The molecule has 0 radical (unpaired) electrons. The predicted octanol–water partition coefficient (Wildman–Crippen LogP) is 4.75. The third-order valence-corrected chi connectivity index (χ3v) is 8.01. The Hall–Kier alpha value is -3.07. The minimum Gasteiger partial charge on any atom is -0.466 e. The number of ether oxygens (including phenoxy) is 2. The van der Waals surface area contributed by atoms with E-state index >= 15 is 0 Å². The molecule has 198 valence electrons. The van der Waals surface area contributed by atoms with Gasteiger partial charge in [-0.3, -0.25) is 9.59 Å². The highest BCUT2D eigenvalue weighted by Crippen LogP contribution is 2.45. The highest BCUT2D eigenvalue weighted by atomic mass is 32.2. The van der Waals surface area contributed by atoms with Crippen molar-refractivity contribution in [1.29, 1.82) is 0 Å². The smallest absolute Gasteiger partial charge is 0.338 e. The average Bonchev–Trinajstić information content (AvgIpc) is 3.29. The molecule has 9 heteroatoms. The number of piperidine rings is 1. The number of hydrogen-bond acceptors (Lipinski definition) is 8. The van der Waals surface area contributed by atoms with E-state index in [-0.39, 0.29) is 24.2 Å². The van der Waals surface area contributed by atoms with Crippen molar-refractivity contribution in [2.45, 2.75) is 58.9 Å². The van der Waals surface area contributed by atoms with E-state index in [2.05, 4.69) is 31.0 Å². The summed E-state index contributed by atoms with van der Waals surface area (Å²) < 4.78 is 10.3. The average molecular weight is 526 g/mol. The van der Waals surface area contributed by atoms with Gasteiger partial charge in [-0.15, -0.1) is 0 Å². The molecule has 1 aromatic carbocycles. The fourth-order valence-corrected chi connectivity index (χ4v) is 5.97. The van der Waals surface area contributed by atoms with Crippen LogP contribution in [0.15, 0.2) is 51.6 Å². The van der Waals surface area contributed by atoms with Gasteiger partial charge in [0.2, 0.25) is 5.91 Å². The molecule has 8 nitrogen and oxygen atoms in total. The maximum absolute atomic E-state index is 13.3. The van der Waals surface area contributed by atoms with Crippen LogP contribution in [-0.2, 0) is 23.9 Å². The lowest BCUT2D eigenvalue weighted by Gasteiger charge is -2.37. The molecule has 3 aliphatic heterocycles. The molecule has 1 atom stereocenters. The summed E-state index contributed by atoms with van der Waals surface area (Å²) in [6, 6.07) is 7.82. The molecule has 4 rings (SSSR count). The lowest BCUT2D eigenvalue weighted by atomic mass is 9.91. The topological polar surface area (TPSA) is 88.5 Å². The summed E-state index contributed by atoms with van der Waals surface area (Å²) in [6.45, 7) is 9.32. The Morgan fingerprint density at radius 1 is 1.14 bits per heavy atom. The maximum atomic E-state index is 13.3. The van der Waals surface area contributed by atoms with E-state index in [9.17, 15) is 14.4 Å². The first kappa shape index (κ1) is 27.0. The second-order valence-electron chi connectivity index (χ2n) is 9.79. The molecule has 1 amide bonds. The van der Waals surface area contributed by atoms with E-state index < -0.39 is 12.0 Å². The molecule has 0 saturated carbocycles. The first-order valence-electron chi connectivity index (χ1n) is 12.8. The summed E-state index contributed by atoms with van der Waals surface area (Å²) in [6.07, 6.45) is 1.40. The van der Waals surface area contributed by atoms with Gasteiger partial charge in [0.25, 0.3) is 0 Å². The van der Waals surface area contributed by atoms with Crippen LogP contribution in [0.2, 0.25) is 0 Å². The van der Waals surface area contributed by atoms with Crippen LogP contribution in [0.4, 0.5) is 0 Å². The minimum absolute atomic E-state index is 0.00444. The van der Waals surface area contributed by atoms with Crippen LogP contribution in [0, 0.1) is 5.92 Å². The number of fused-ring (bicyclic) bond motifs is 1. The molecule has 0 spiro atoms. The Kier molecular flexibility index (Phi) is 8.42. The number of aliphatic imine (C=N–C) groups is 1. The molecule has 3 heterocycles. The molecule has 37 heavy (non-hydrogen) atoms. The Morgan fingerprint density at radius 3 is 2.41 bits per heavy atom. The highest BCUT2D eigenvalue weighted by Gasteiger charge is 2.41. The zero-order valence-electron chi connectivity index (χ0n) is 22.2. The van der Waals surface area contributed by atoms with Crippen LogP contribution in [0.5, 0.6) is 0 Å².